The number of likely N-dealkylation sites (N-methyl/N-ethyl adjacent to an activating group) is 1. The van der Waals surface area contributed by atoms with Crippen LogP contribution >= 0.6 is 0 Å². The zero-order chi connectivity index (χ0) is 16.2. The number of carbonyl (C=O) groups excluding carboxylic acids is 1. The molecule has 4 nitrogen and oxygen atoms in total. The molecule has 1 saturated heterocycles. The summed E-state index contributed by atoms with van der Waals surface area (Å²) in [5.74, 6) is 0.0319. The molecule has 2 atom stereocenters. The largest absolute Gasteiger partial charge is 0.392 e. The van der Waals surface area contributed by atoms with E-state index < -0.39 is 6.10 Å². The molecule has 4 heteroatoms. The van der Waals surface area contributed by atoms with Gasteiger partial charge >= 0.3 is 0 Å². The Labute approximate surface area is 136 Å². The molecule has 2 N–H and O–H groups in total. The number of nitrogens with one attached hydrogen (secondary N) is 1. The molecule has 120 valence electrons. The summed E-state index contributed by atoms with van der Waals surface area (Å²) in [5, 5.41) is 12.7. The monoisotopic (exact) mass is 310 g/mol. The highest BCUT2D eigenvalue weighted by atomic mass is 16.3. The maximum atomic E-state index is 12.5. The summed E-state index contributed by atoms with van der Waals surface area (Å²) in [6, 6.07) is 18.1. The molecule has 3 rings (SSSR count). The van der Waals surface area contributed by atoms with E-state index in [1.165, 1.54) is 0 Å². The fraction of sp³-hybridized carbons (Fsp3) is 0.316. The number of aliphatic hydroxyl groups is 1. The van der Waals surface area contributed by atoms with E-state index in [4.69, 9.17) is 0 Å². The molecule has 0 bridgehead atoms. The van der Waals surface area contributed by atoms with E-state index in [0.717, 1.165) is 16.7 Å². The molecule has 0 unspecified atom stereocenters. The van der Waals surface area contributed by atoms with Crippen LogP contribution < -0.4 is 5.32 Å². The van der Waals surface area contributed by atoms with Gasteiger partial charge in [0.05, 0.1) is 12.1 Å². The van der Waals surface area contributed by atoms with Gasteiger partial charge in [-0.15, -0.1) is 0 Å². The molecule has 0 saturated carbocycles. The van der Waals surface area contributed by atoms with Crippen LogP contribution in [0.25, 0.3) is 11.1 Å². The average molecular weight is 310 g/mol. The van der Waals surface area contributed by atoms with Crippen LogP contribution in [-0.2, 0) is 11.3 Å². The predicted octanol–water partition coefficient (Wildman–Crippen LogP) is 2.03. The molecule has 1 amide bonds. The van der Waals surface area contributed by atoms with Gasteiger partial charge in [0, 0.05) is 20.1 Å². The molecule has 0 aromatic heterocycles. The minimum Gasteiger partial charge on any atom is -0.392 e. The molecule has 23 heavy (non-hydrogen) atoms. The molecule has 0 aliphatic carbocycles. The number of aliphatic hydroxyl groups excluding tert-OH is 1. The van der Waals surface area contributed by atoms with Gasteiger partial charge in [0.15, 0.2) is 0 Å². The number of benzene rings is 2. The Bertz CT molecular complexity index is 672. The highest BCUT2D eigenvalue weighted by Crippen LogP contribution is 2.24. The maximum Gasteiger partial charge on any atom is 0.239 e. The first-order valence-corrected chi connectivity index (χ1v) is 7.95. The van der Waals surface area contributed by atoms with E-state index in [1.807, 2.05) is 37.4 Å². The lowest BCUT2D eigenvalue weighted by molar-refractivity contribution is -0.132. The van der Waals surface area contributed by atoms with Crippen molar-refractivity contribution in [3.05, 3.63) is 60.2 Å². The third-order valence-electron chi connectivity index (χ3n) is 4.29. The first-order chi connectivity index (χ1) is 11.1. The number of amides is 1. The number of rotatable bonds is 4. The SMILES string of the molecule is CN(Cc1ccccc1-c1ccccc1)C(=O)[C@H]1C[C@H](O)CN1. The van der Waals surface area contributed by atoms with Crippen molar-refractivity contribution >= 4 is 5.91 Å². The minimum absolute atomic E-state index is 0.0319. The summed E-state index contributed by atoms with van der Waals surface area (Å²) in [6.07, 6.45) is 0.0673. The molecule has 1 aliphatic heterocycles. The summed E-state index contributed by atoms with van der Waals surface area (Å²) in [7, 11) is 1.82. The lowest BCUT2D eigenvalue weighted by Gasteiger charge is -2.22. The van der Waals surface area contributed by atoms with Gasteiger partial charge in [-0.3, -0.25) is 4.79 Å². The van der Waals surface area contributed by atoms with Gasteiger partial charge in [-0.05, 0) is 23.1 Å². The van der Waals surface area contributed by atoms with Crippen LogP contribution in [-0.4, -0.2) is 41.7 Å². The normalized spacial score (nSPS) is 20.4. The summed E-state index contributed by atoms with van der Waals surface area (Å²) < 4.78 is 0. The van der Waals surface area contributed by atoms with Crippen molar-refractivity contribution in [2.24, 2.45) is 0 Å². The summed E-state index contributed by atoms with van der Waals surface area (Å²) >= 11 is 0. The van der Waals surface area contributed by atoms with Crippen LogP contribution in [0.5, 0.6) is 0 Å². The van der Waals surface area contributed by atoms with E-state index >= 15 is 0 Å². The fourth-order valence-corrected chi connectivity index (χ4v) is 3.06. The quantitative estimate of drug-likeness (QED) is 0.908. The molecule has 1 aliphatic rings. The zero-order valence-electron chi connectivity index (χ0n) is 13.3. The third-order valence-corrected chi connectivity index (χ3v) is 4.29. The zero-order valence-corrected chi connectivity index (χ0v) is 13.3. The Morgan fingerprint density at radius 2 is 1.87 bits per heavy atom. The Hall–Kier alpha value is -2.17. The van der Waals surface area contributed by atoms with Gasteiger partial charge < -0.3 is 15.3 Å². The van der Waals surface area contributed by atoms with Gasteiger partial charge in [-0.25, -0.2) is 0 Å². The maximum absolute atomic E-state index is 12.5. The lowest BCUT2D eigenvalue weighted by atomic mass is 9.99. The predicted molar refractivity (Wildman–Crippen MR) is 90.8 cm³/mol. The fourth-order valence-electron chi connectivity index (χ4n) is 3.06. The van der Waals surface area contributed by atoms with Gasteiger partial charge in [-0.2, -0.15) is 0 Å². The summed E-state index contributed by atoms with van der Waals surface area (Å²) in [5.41, 5.74) is 3.42. The Balaban J connectivity index is 1.76. The summed E-state index contributed by atoms with van der Waals surface area (Å²) in [4.78, 5) is 14.2. The van der Waals surface area contributed by atoms with E-state index in [0.29, 0.717) is 19.5 Å². The van der Waals surface area contributed by atoms with Crippen molar-refractivity contribution in [2.45, 2.75) is 25.1 Å². The van der Waals surface area contributed by atoms with Crippen molar-refractivity contribution in [3.8, 4) is 11.1 Å². The van der Waals surface area contributed by atoms with Crippen molar-refractivity contribution in [3.63, 3.8) is 0 Å². The Morgan fingerprint density at radius 1 is 1.17 bits per heavy atom. The number of β-amino-alcohol motifs (C(OH)–C–C–N with tert-alkyl or cyclic N) is 1. The van der Waals surface area contributed by atoms with E-state index in [1.54, 1.807) is 4.90 Å². The molecular formula is C19H22N2O2. The van der Waals surface area contributed by atoms with Crippen LogP contribution in [0.4, 0.5) is 0 Å². The van der Waals surface area contributed by atoms with Crippen molar-refractivity contribution in [1.82, 2.24) is 10.2 Å². The molecular weight excluding hydrogens is 288 g/mol. The molecule has 1 fully saturated rings. The highest BCUT2D eigenvalue weighted by molar-refractivity contribution is 5.82. The number of hydrogen-bond acceptors (Lipinski definition) is 3. The van der Waals surface area contributed by atoms with Gasteiger partial charge in [0.25, 0.3) is 0 Å². The molecule has 0 spiro atoms. The average Bonchev–Trinajstić information content (AvgIpc) is 3.02. The van der Waals surface area contributed by atoms with E-state index in [9.17, 15) is 9.90 Å². The topological polar surface area (TPSA) is 52.6 Å². The van der Waals surface area contributed by atoms with Crippen molar-refractivity contribution in [2.75, 3.05) is 13.6 Å². The van der Waals surface area contributed by atoms with Crippen molar-refractivity contribution < 1.29 is 9.90 Å². The van der Waals surface area contributed by atoms with Crippen LogP contribution in [0.2, 0.25) is 0 Å². The van der Waals surface area contributed by atoms with E-state index in [-0.39, 0.29) is 11.9 Å². The number of carbonyl (C=O) groups is 1. The van der Waals surface area contributed by atoms with Gasteiger partial charge in [0.1, 0.15) is 0 Å². The molecule has 1 heterocycles. The first-order valence-electron chi connectivity index (χ1n) is 7.95. The number of nitrogens with zero attached hydrogens (tertiary/aromatic N) is 1. The highest BCUT2D eigenvalue weighted by Gasteiger charge is 2.30. The second-order valence-electron chi connectivity index (χ2n) is 6.07. The Kier molecular flexibility index (Phi) is 4.74. The Morgan fingerprint density at radius 3 is 2.57 bits per heavy atom. The van der Waals surface area contributed by atoms with Crippen LogP contribution in [0.15, 0.2) is 54.6 Å². The number of hydrogen-bond donors (Lipinski definition) is 2. The third kappa shape index (κ3) is 3.60. The van der Waals surface area contributed by atoms with Crippen molar-refractivity contribution in [1.29, 1.82) is 0 Å². The van der Waals surface area contributed by atoms with Crippen LogP contribution in [0.3, 0.4) is 0 Å². The van der Waals surface area contributed by atoms with Gasteiger partial charge in [-0.1, -0.05) is 54.6 Å². The minimum atomic E-state index is -0.422. The first kappa shape index (κ1) is 15.7. The molecule has 2 aromatic rings. The second-order valence-corrected chi connectivity index (χ2v) is 6.07. The van der Waals surface area contributed by atoms with E-state index in [2.05, 4.69) is 29.6 Å². The lowest BCUT2D eigenvalue weighted by Crippen LogP contribution is -2.41. The second kappa shape index (κ2) is 6.94. The van der Waals surface area contributed by atoms with Crippen LogP contribution in [0, 0.1) is 0 Å². The molecule has 0 radical (unpaired) electrons. The summed E-state index contributed by atoms with van der Waals surface area (Å²) in [6.45, 7) is 1.04. The standard InChI is InChI=1S/C19H22N2O2/c1-21(19(23)18-11-16(22)12-20-18)13-15-9-5-6-10-17(15)14-7-3-2-4-8-14/h2-10,16,18,20,22H,11-13H2,1H3/t16-,18+/m0/s1. The van der Waals surface area contributed by atoms with Crippen LogP contribution in [0.1, 0.15) is 12.0 Å². The smallest absolute Gasteiger partial charge is 0.239 e. The molecule has 2 aromatic carbocycles. The van der Waals surface area contributed by atoms with Gasteiger partial charge in [0.2, 0.25) is 5.91 Å².